The summed E-state index contributed by atoms with van der Waals surface area (Å²) in [7, 11) is 1.51. The van der Waals surface area contributed by atoms with Crippen molar-refractivity contribution in [3.05, 3.63) is 24.0 Å². The van der Waals surface area contributed by atoms with E-state index in [9.17, 15) is 4.39 Å². The highest BCUT2D eigenvalue weighted by Gasteiger charge is 2.11. The van der Waals surface area contributed by atoms with Gasteiger partial charge in [0.25, 0.3) is 0 Å². The zero-order chi connectivity index (χ0) is 12.2. The smallest absolute Gasteiger partial charge is 0.168 e. The molecule has 1 aromatic carbocycles. The summed E-state index contributed by atoms with van der Waals surface area (Å²) in [5, 5.41) is 0. The van der Waals surface area contributed by atoms with Gasteiger partial charge in [0.15, 0.2) is 11.6 Å². The van der Waals surface area contributed by atoms with Gasteiger partial charge in [0.05, 0.1) is 13.7 Å². The van der Waals surface area contributed by atoms with Gasteiger partial charge in [-0.15, -0.1) is 0 Å². The average Bonchev–Trinajstić information content (AvgIpc) is 2.18. The van der Waals surface area contributed by atoms with E-state index in [4.69, 9.17) is 9.47 Å². The summed E-state index contributed by atoms with van der Waals surface area (Å²) in [6, 6.07) is 4.61. The minimum atomic E-state index is -0.381. The molecule has 0 spiro atoms. The van der Waals surface area contributed by atoms with E-state index < -0.39 is 0 Å². The van der Waals surface area contributed by atoms with Crippen molar-refractivity contribution in [2.75, 3.05) is 13.7 Å². The maximum Gasteiger partial charge on any atom is 0.168 e. The molecule has 1 rings (SSSR count). The number of halogens is 1. The van der Waals surface area contributed by atoms with Crippen molar-refractivity contribution < 1.29 is 13.9 Å². The van der Waals surface area contributed by atoms with E-state index in [1.165, 1.54) is 13.2 Å². The normalized spacial score (nSPS) is 11.3. The fourth-order valence-corrected chi connectivity index (χ4v) is 1.19. The molecule has 0 heterocycles. The van der Waals surface area contributed by atoms with Crippen molar-refractivity contribution >= 4 is 0 Å². The molecule has 0 bridgehead atoms. The zero-order valence-corrected chi connectivity index (χ0v) is 10.3. The second-order valence-corrected chi connectivity index (χ2v) is 4.96. The molecule has 0 aromatic heterocycles. The zero-order valence-electron chi connectivity index (χ0n) is 10.3. The SMILES string of the molecule is COc1ccc(OCCC(C)(C)C)c(F)c1. The van der Waals surface area contributed by atoms with E-state index >= 15 is 0 Å². The lowest BCUT2D eigenvalue weighted by atomic mass is 9.93. The number of hydrogen-bond acceptors (Lipinski definition) is 2. The minimum Gasteiger partial charge on any atom is -0.497 e. The lowest BCUT2D eigenvalue weighted by Crippen LogP contribution is -2.11. The monoisotopic (exact) mass is 226 g/mol. The molecule has 0 fully saturated rings. The molecule has 0 aliphatic heterocycles. The Labute approximate surface area is 96.4 Å². The van der Waals surface area contributed by atoms with Gasteiger partial charge in [-0.2, -0.15) is 0 Å². The minimum absolute atomic E-state index is 0.197. The van der Waals surface area contributed by atoms with Gasteiger partial charge in [-0.25, -0.2) is 4.39 Å². The van der Waals surface area contributed by atoms with Gasteiger partial charge in [0.1, 0.15) is 5.75 Å². The summed E-state index contributed by atoms with van der Waals surface area (Å²) in [4.78, 5) is 0. The summed E-state index contributed by atoms with van der Waals surface area (Å²) < 4.78 is 23.7. The quantitative estimate of drug-likeness (QED) is 0.780. The predicted molar refractivity (Wildman–Crippen MR) is 62.5 cm³/mol. The molecule has 16 heavy (non-hydrogen) atoms. The molecule has 0 atom stereocenters. The molecule has 3 heteroatoms. The van der Waals surface area contributed by atoms with Crippen LogP contribution in [0.15, 0.2) is 18.2 Å². The van der Waals surface area contributed by atoms with E-state index in [-0.39, 0.29) is 17.0 Å². The summed E-state index contributed by atoms with van der Waals surface area (Å²) in [6.45, 7) is 6.90. The molecule has 0 aliphatic rings. The topological polar surface area (TPSA) is 18.5 Å². The maximum absolute atomic E-state index is 13.5. The third-order valence-electron chi connectivity index (χ3n) is 2.25. The lowest BCUT2D eigenvalue weighted by Gasteiger charge is -2.18. The largest absolute Gasteiger partial charge is 0.497 e. The standard InChI is InChI=1S/C13H19FO2/c1-13(2,3)7-8-16-12-6-5-10(15-4)9-11(12)14/h5-6,9H,7-8H2,1-4H3. The third-order valence-corrected chi connectivity index (χ3v) is 2.25. The van der Waals surface area contributed by atoms with Crippen molar-refractivity contribution in [3.63, 3.8) is 0 Å². The van der Waals surface area contributed by atoms with Gasteiger partial charge in [0.2, 0.25) is 0 Å². The molecule has 0 saturated heterocycles. The van der Waals surface area contributed by atoms with Crippen molar-refractivity contribution in [1.29, 1.82) is 0 Å². The average molecular weight is 226 g/mol. The van der Waals surface area contributed by atoms with E-state index in [0.717, 1.165) is 6.42 Å². The highest BCUT2D eigenvalue weighted by molar-refractivity contribution is 5.32. The Kier molecular flexibility index (Phi) is 4.16. The molecule has 0 radical (unpaired) electrons. The van der Waals surface area contributed by atoms with Crippen LogP contribution in [0.4, 0.5) is 4.39 Å². The van der Waals surface area contributed by atoms with Crippen molar-refractivity contribution in [1.82, 2.24) is 0 Å². The van der Waals surface area contributed by atoms with Crippen LogP contribution in [0.1, 0.15) is 27.2 Å². The fraction of sp³-hybridized carbons (Fsp3) is 0.538. The summed E-state index contributed by atoms with van der Waals surface area (Å²) in [6.07, 6.45) is 0.887. The molecule has 0 aliphatic carbocycles. The van der Waals surface area contributed by atoms with Crippen molar-refractivity contribution in [2.45, 2.75) is 27.2 Å². The Morgan fingerprint density at radius 2 is 1.94 bits per heavy atom. The van der Waals surface area contributed by atoms with Crippen LogP contribution < -0.4 is 9.47 Å². The van der Waals surface area contributed by atoms with Crippen LogP contribution in [0.3, 0.4) is 0 Å². The Balaban J connectivity index is 2.55. The van der Waals surface area contributed by atoms with Crippen LogP contribution in [0.25, 0.3) is 0 Å². The van der Waals surface area contributed by atoms with Crippen LogP contribution in [0.5, 0.6) is 11.5 Å². The van der Waals surface area contributed by atoms with Gasteiger partial charge < -0.3 is 9.47 Å². The molecular formula is C13H19FO2. The molecule has 90 valence electrons. The highest BCUT2D eigenvalue weighted by Crippen LogP contribution is 2.24. The summed E-state index contributed by atoms with van der Waals surface area (Å²) in [5.74, 6) is 0.402. The van der Waals surface area contributed by atoms with E-state index in [1.807, 2.05) is 0 Å². The molecule has 0 unspecified atom stereocenters. The third kappa shape index (κ3) is 4.09. The summed E-state index contributed by atoms with van der Waals surface area (Å²) >= 11 is 0. The Morgan fingerprint density at radius 3 is 2.44 bits per heavy atom. The van der Waals surface area contributed by atoms with Gasteiger partial charge in [0, 0.05) is 6.07 Å². The molecular weight excluding hydrogens is 207 g/mol. The Morgan fingerprint density at radius 1 is 1.25 bits per heavy atom. The number of ether oxygens (including phenoxy) is 2. The van der Waals surface area contributed by atoms with Gasteiger partial charge in [-0.3, -0.25) is 0 Å². The first-order valence-electron chi connectivity index (χ1n) is 5.39. The van der Waals surface area contributed by atoms with Gasteiger partial charge in [-0.05, 0) is 24.0 Å². The fourth-order valence-electron chi connectivity index (χ4n) is 1.19. The van der Waals surface area contributed by atoms with Crippen LogP contribution in [0, 0.1) is 11.2 Å². The molecule has 0 saturated carbocycles. The molecule has 0 amide bonds. The van der Waals surface area contributed by atoms with E-state index in [0.29, 0.717) is 12.4 Å². The van der Waals surface area contributed by atoms with Crippen LogP contribution >= 0.6 is 0 Å². The first kappa shape index (κ1) is 12.8. The van der Waals surface area contributed by atoms with E-state index in [2.05, 4.69) is 20.8 Å². The number of methoxy groups -OCH3 is 1. The second-order valence-electron chi connectivity index (χ2n) is 4.96. The first-order chi connectivity index (χ1) is 7.42. The van der Waals surface area contributed by atoms with Crippen molar-refractivity contribution in [3.8, 4) is 11.5 Å². The van der Waals surface area contributed by atoms with Gasteiger partial charge >= 0.3 is 0 Å². The Bertz CT molecular complexity index is 342. The number of hydrogen-bond donors (Lipinski definition) is 0. The first-order valence-corrected chi connectivity index (χ1v) is 5.39. The highest BCUT2D eigenvalue weighted by atomic mass is 19.1. The summed E-state index contributed by atoms with van der Waals surface area (Å²) in [5.41, 5.74) is 0.197. The molecule has 2 nitrogen and oxygen atoms in total. The maximum atomic E-state index is 13.5. The second kappa shape index (κ2) is 5.19. The predicted octanol–water partition coefficient (Wildman–Crippen LogP) is 3.65. The lowest BCUT2D eigenvalue weighted by molar-refractivity contribution is 0.235. The van der Waals surface area contributed by atoms with E-state index in [1.54, 1.807) is 12.1 Å². The molecule has 0 N–H and O–H groups in total. The molecule has 1 aromatic rings. The Hall–Kier alpha value is -1.25. The van der Waals surface area contributed by atoms with Gasteiger partial charge in [-0.1, -0.05) is 20.8 Å². The number of rotatable bonds is 4. The van der Waals surface area contributed by atoms with Crippen LogP contribution in [-0.4, -0.2) is 13.7 Å². The van der Waals surface area contributed by atoms with Crippen molar-refractivity contribution in [2.24, 2.45) is 5.41 Å². The number of benzene rings is 1. The van der Waals surface area contributed by atoms with Crippen LogP contribution in [0.2, 0.25) is 0 Å². The van der Waals surface area contributed by atoms with Crippen LogP contribution in [-0.2, 0) is 0 Å².